The lowest BCUT2D eigenvalue weighted by Crippen LogP contribution is -2.30. The van der Waals surface area contributed by atoms with Gasteiger partial charge in [-0.1, -0.05) is 42.5 Å². The fraction of sp³-hybridized carbons (Fsp3) is 0.136. The number of carbonyl (C=O) groups is 3. The van der Waals surface area contributed by atoms with Crippen molar-refractivity contribution in [3.63, 3.8) is 0 Å². The highest BCUT2D eigenvalue weighted by molar-refractivity contribution is 5.99. The molecule has 0 atom stereocenters. The number of fused-ring (bicyclic) bond motifs is 1. The summed E-state index contributed by atoms with van der Waals surface area (Å²) in [5.74, 6) is -1.32. The Hall–Kier alpha value is -3.67. The summed E-state index contributed by atoms with van der Waals surface area (Å²) in [6.45, 7) is -0.183. The number of rotatable bonds is 6. The molecule has 0 aromatic heterocycles. The van der Waals surface area contributed by atoms with Crippen molar-refractivity contribution in [3.8, 4) is 0 Å². The Bertz CT molecular complexity index is 1010. The first-order valence-electron chi connectivity index (χ1n) is 8.66. The normalized spacial score (nSPS) is 10.3. The van der Waals surface area contributed by atoms with Crippen molar-refractivity contribution in [1.29, 1.82) is 0 Å². The lowest BCUT2D eigenvalue weighted by atomic mass is 10.1. The summed E-state index contributed by atoms with van der Waals surface area (Å²) < 4.78 is 9.77. The predicted octanol–water partition coefficient (Wildman–Crippen LogP) is 3.10. The molecule has 0 fully saturated rings. The van der Waals surface area contributed by atoms with Gasteiger partial charge < -0.3 is 14.8 Å². The van der Waals surface area contributed by atoms with E-state index in [4.69, 9.17) is 4.74 Å². The molecule has 0 saturated carbocycles. The molecule has 0 aliphatic rings. The third-order valence-corrected chi connectivity index (χ3v) is 4.18. The van der Waals surface area contributed by atoms with Crippen LogP contribution in [0.15, 0.2) is 66.7 Å². The highest BCUT2D eigenvalue weighted by atomic mass is 16.5. The molecule has 0 spiro atoms. The van der Waals surface area contributed by atoms with Crippen molar-refractivity contribution in [2.45, 2.75) is 6.61 Å². The van der Waals surface area contributed by atoms with E-state index in [9.17, 15) is 14.4 Å². The van der Waals surface area contributed by atoms with Gasteiger partial charge in [0.25, 0.3) is 5.91 Å². The third kappa shape index (κ3) is 4.73. The van der Waals surface area contributed by atoms with Crippen molar-refractivity contribution in [3.05, 3.63) is 83.4 Å². The van der Waals surface area contributed by atoms with Gasteiger partial charge in [-0.25, -0.2) is 4.79 Å². The highest BCUT2D eigenvalue weighted by Crippen LogP contribution is 2.15. The van der Waals surface area contributed by atoms with Crippen LogP contribution in [0.25, 0.3) is 10.8 Å². The molecular formula is C22H19NO5. The topological polar surface area (TPSA) is 81.7 Å². The zero-order chi connectivity index (χ0) is 19.9. The van der Waals surface area contributed by atoms with Gasteiger partial charge in [0.05, 0.1) is 12.7 Å². The lowest BCUT2D eigenvalue weighted by Gasteiger charge is -2.08. The highest BCUT2D eigenvalue weighted by Gasteiger charge is 2.10. The molecule has 0 unspecified atom stereocenters. The standard InChI is InChI=1S/C22H19NO5/c1-27-22(26)17-8-6-15(7-9-17)14-28-20(24)13-23-21(25)19-11-10-16-4-2-3-5-18(16)12-19/h2-12H,13-14H2,1H3,(H,23,25). The number of ether oxygens (including phenoxy) is 2. The summed E-state index contributed by atoms with van der Waals surface area (Å²) in [6.07, 6.45) is 0. The molecule has 6 heteroatoms. The molecule has 0 aliphatic carbocycles. The minimum Gasteiger partial charge on any atom is -0.465 e. The second-order valence-electron chi connectivity index (χ2n) is 6.09. The first-order valence-corrected chi connectivity index (χ1v) is 8.66. The average molecular weight is 377 g/mol. The van der Waals surface area contributed by atoms with Crippen LogP contribution in [0.3, 0.4) is 0 Å². The predicted molar refractivity (Wildman–Crippen MR) is 104 cm³/mol. The zero-order valence-electron chi connectivity index (χ0n) is 15.3. The van der Waals surface area contributed by atoms with Gasteiger partial charge in [-0.05, 0) is 40.6 Å². The molecule has 0 bridgehead atoms. The Labute approximate surface area is 162 Å². The van der Waals surface area contributed by atoms with E-state index in [1.54, 1.807) is 36.4 Å². The Kier molecular flexibility index (Phi) is 6.01. The van der Waals surface area contributed by atoms with Gasteiger partial charge >= 0.3 is 11.9 Å². The number of carbonyl (C=O) groups excluding carboxylic acids is 3. The molecular weight excluding hydrogens is 358 g/mol. The fourth-order valence-corrected chi connectivity index (χ4v) is 2.65. The van der Waals surface area contributed by atoms with E-state index < -0.39 is 11.9 Å². The number of nitrogens with one attached hydrogen (secondary N) is 1. The van der Waals surface area contributed by atoms with Gasteiger partial charge in [0.2, 0.25) is 0 Å². The number of methoxy groups -OCH3 is 1. The van der Waals surface area contributed by atoms with E-state index in [0.29, 0.717) is 11.1 Å². The number of benzene rings is 3. The Morgan fingerprint density at radius 3 is 2.25 bits per heavy atom. The minimum absolute atomic E-state index is 0.0477. The van der Waals surface area contributed by atoms with Crippen LogP contribution in [0.1, 0.15) is 26.3 Å². The Morgan fingerprint density at radius 1 is 0.857 bits per heavy atom. The molecule has 0 heterocycles. The maximum Gasteiger partial charge on any atom is 0.337 e. The SMILES string of the molecule is COC(=O)c1ccc(COC(=O)CNC(=O)c2ccc3ccccc3c2)cc1. The summed E-state index contributed by atoms with van der Waals surface area (Å²) in [6, 6.07) is 19.6. The largest absolute Gasteiger partial charge is 0.465 e. The Morgan fingerprint density at radius 2 is 1.54 bits per heavy atom. The molecule has 3 aromatic rings. The van der Waals surface area contributed by atoms with Crippen LogP contribution >= 0.6 is 0 Å². The molecule has 1 amide bonds. The van der Waals surface area contributed by atoms with E-state index in [0.717, 1.165) is 16.3 Å². The van der Waals surface area contributed by atoms with Crippen molar-refractivity contribution in [2.75, 3.05) is 13.7 Å². The summed E-state index contributed by atoms with van der Waals surface area (Å²) in [4.78, 5) is 35.5. The number of amides is 1. The average Bonchev–Trinajstić information content (AvgIpc) is 2.75. The maximum atomic E-state index is 12.2. The monoisotopic (exact) mass is 377 g/mol. The van der Waals surface area contributed by atoms with Crippen molar-refractivity contribution < 1.29 is 23.9 Å². The van der Waals surface area contributed by atoms with Crippen LogP contribution in [-0.4, -0.2) is 31.5 Å². The van der Waals surface area contributed by atoms with Gasteiger partial charge in [-0.3, -0.25) is 9.59 Å². The smallest absolute Gasteiger partial charge is 0.337 e. The second kappa shape index (κ2) is 8.81. The van der Waals surface area contributed by atoms with Crippen LogP contribution in [0, 0.1) is 0 Å². The maximum absolute atomic E-state index is 12.2. The van der Waals surface area contributed by atoms with Gasteiger partial charge in [0.15, 0.2) is 0 Å². The lowest BCUT2D eigenvalue weighted by molar-refractivity contribution is -0.143. The summed E-state index contributed by atoms with van der Waals surface area (Å²) in [7, 11) is 1.31. The molecule has 0 aliphatic heterocycles. The van der Waals surface area contributed by atoms with Crippen LogP contribution < -0.4 is 5.32 Å². The van der Waals surface area contributed by atoms with Crippen molar-refractivity contribution in [2.24, 2.45) is 0 Å². The molecule has 142 valence electrons. The van der Waals surface area contributed by atoms with E-state index in [1.807, 2.05) is 30.3 Å². The number of hydrogen-bond donors (Lipinski definition) is 1. The fourth-order valence-electron chi connectivity index (χ4n) is 2.65. The summed E-state index contributed by atoms with van der Waals surface area (Å²) >= 11 is 0. The molecule has 3 aromatic carbocycles. The molecule has 28 heavy (non-hydrogen) atoms. The molecule has 3 rings (SSSR count). The van der Waals surface area contributed by atoms with Gasteiger partial charge in [-0.2, -0.15) is 0 Å². The van der Waals surface area contributed by atoms with Crippen molar-refractivity contribution >= 4 is 28.6 Å². The minimum atomic E-state index is -0.550. The van der Waals surface area contributed by atoms with E-state index >= 15 is 0 Å². The second-order valence-corrected chi connectivity index (χ2v) is 6.09. The van der Waals surface area contributed by atoms with E-state index in [1.165, 1.54) is 7.11 Å². The van der Waals surface area contributed by atoms with Crippen LogP contribution in [0.4, 0.5) is 0 Å². The summed E-state index contributed by atoms with van der Waals surface area (Å²) in [5.41, 5.74) is 1.62. The molecule has 1 N–H and O–H groups in total. The third-order valence-electron chi connectivity index (χ3n) is 4.18. The van der Waals surface area contributed by atoms with E-state index in [2.05, 4.69) is 10.1 Å². The molecule has 0 saturated heterocycles. The quantitative estimate of drug-likeness (QED) is 0.668. The first-order chi connectivity index (χ1) is 13.6. The van der Waals surface area contributed by atoms with Gasteiger partial charge in [0, 0.05) is 5.56 Å². The van der Waals surface area contributed by atoms with Crippen LogP contribution in [-0.2, 0) is 20.9 Å². The van der Waals surface area contributed by atoms with E-state index in [-0.39, 0.29) is 19.1 Å². The van der Waals surface area contributed by atoms with Gasteiger partial charge in [0.1, 0.15) is 13.2 Å². The first kappa shape index (κ1) is 19.1. The van der Waals surface area contributed by atoms with Crippen LogP contribution in [0.2, 0.25) is 0 Å². The number of hydrogen-bond acceptors (Lipinski definition) is 5. The van der Waals surface area contributed by atoms with Crippen molar-refractivity contribution in [1.82, 2.24) is 5.32 Å². The molecule has 0 radical (unpaired) electrons. The Balaban J connectivity index is 1.49. The zero-order valence-corrected chi connectivity index (χ0v) is 15.3. The van der Waals surface area contributed by atoms with Crippen LogP contribution in [0.5, 0.6) is 0 Å². The van der Waals surface area contributed by atoms with Gasteiger partial charge in [-0.15, -0.1) is 0 Å². The number of esters is 2. The molecule has 6 nitrogen and oxygen atoms in total. The summed E-state index contributed by atoms with van der Waals surface area (Å²) in [5, 5.41) is 4.55.